The molecular formula is C17H14FNO2. The van der Waals surface area contributed by atoms with Crippen LogP contribution in [0.2, 0.25) is 0 Å². The number of aryl methyl sites for hydroxylation is 1. The first-order valence-electron chi connectivity index (χ1n) is 6.61. The summed E-state index contributed by atoms with van der Waals surface area (Å²) in [7, 11) is 0. The number of hydrogen-bond donors (Lipinski definition) is 1. The molecule has 4 heteroatoms. The molecule has 3 rings (SSSR count). The van der Waals surface area contributed by atoms with Gasteiger partial charge in [0.25, 0.3) is 0 Å². The van der Waals surface area contributed by atoms with Gasteiger partial charge in [-0.2, -0.15) is 0 Å². The second kappa shape index (κ2) is 5.50. The number of pyridine rings is 1. The van der Waals surface area contributed by atoms with Gasteiger partial charge in [0.15, 0.2) is 0 Å². The third-order valence-electron chi connectivity index (χ3n) is 3.28. The standard InChI is InChI=1S/C17H14FNO2/c1-11-6-7-14(9-16(11)18)21-17-15-5-3-2-4-12(15)8-13(10-20)19-17/h2-9,20H,10H2,1H3. The van der Waals surface area contributed by atoms with Crippen LogP contribution < -0.4 is 4.74 Å². The molecule has 3 aromatic rings. The van der Waals surface area contributed by atoms with E-state index in [1.54, 1.807) is 25.1 Å². The summed E-state index contributed by atoms with van der Waals surface area (Å²) in [4.78, 5) is 4.27. The Bertz CT molecular complexity index is 802. The molecule has 1 aromatic heterocycles. The third kappa shape index (κ3) is 2.71. The van der Waals surface area contributed by atoms with Crippen molar-refractivity contribution in [3.63, 3.8) is 0 Å². The molecule has 0 fully saturated rings. The summed E-state index contributed by atoms with van der Waals surface area (Å²) in [5.74, 6) is 0.418. The zero-order valence-corrected chi connectivity index (χ0v) is 11.5. The fraction of sp³-hybridized carbons (Fsp3) is 0.118. The molecule has 0 spiro atoms. The predicted molar refractivity (Wildman–Crippen MR) is 78.9 cm³/mol. The highest BCUT2D eigenvalue weighted by atomic mass is 19.1. The molecule has 0 unspecified atom stereocenters. The topological polar surface area (TPSA) is 42.4 Å². The Labute approximate surface area is 121 Å². The van der Waals surface area contributed by atoms with Crippen LogP contribution in [0.3, 0.4) is 0 Å². The van der Waals surface area contributed by atoms with Crippen LogP contribution in [0.1, 0.15) is 11.3 Å². The fourth-order valence-corrected chi connectivity index (χ4v) is 2.13. The molecular weight excluding hydrogens is 269 g/mol. The second-order valence-electron chi connectivity index (χ2n) is 4.81. The first kappa shape index (κ1) is 13.5. The van der Waals surface area contributed by atoms with E-state index in [0.717, 1.165) is 10.8 Å². The number of rotatable bonds is 3. The lowest BCUT2D eigenvalue weighted by Gasteiger charge is -2.10. The molecule has 2 aromatic carbocycles. The highest BCUT2D eigenvalue weighted by Crippen LogP contribution is 2.29. The molecule has 0 bridgehead atoms. The van der Waals surface area contributed by atoms with Crippen LogP contribution in [0, 0.1) is 12.7 Å². The maximum absolute atomic E-state index is 13.6. The SMILES string of the molecule is Cc1ccc(Oc2nc(CO)cc3ccccc23)cc1F. The lowest BCUT2D eigenvalue weighted by molar-refractivity contribution is 0.275. The summed E-state index contributed by atoms with van der Waals surface area (Å²) in [6.45, 7) is 1.52. The van der Waals surface area contributed by atoms with E-state index in [1.807, 2.05) is 24.3 Å². The van der Waals surface area contributed by atoms with E-state index in [4.69, 9.17) is 4.74 Å². The number of hydrogen-bond acceptors (Lipinski definition) is 3. The summed E-state index contributed by atoms with van der Waals surface area (Å²) in [6, 6.07) is 14.1. The van der Waals surface area contributed by atoms with Crippen molar-refractivity contribution in [3.05, 3.63) is 65.6 Å². The van der Waals surface area contributed by atoms with Gasteiger partial charge in [0, 0.05) is 11.5 Å². The minimum absolute atomic E-state index is 0.177. The van der Waals surface area contributed by atoms with Gasteiger partial charge in [0.2, 0.25) is 5.88 Å². The summed E-state index contributed by atoms with van der Waals surface area (Å²) in [6.07, 6.45) is 0. The fourth-order valence-electron chi connectivity index (χ4n) is 2.13. The second-order valence-corrected chi connectivity index (χ2v) is 4.81. The normalized spacial score (nSPS) is 10.8. The highest BCUT2D eigenvalue weighted by molar-refractivity contribution is 5.87. The van der Waals surface area contributed by atoms with Gasteiger partial charge in [-0.05, 0) is 36.1 Å². The number of aliphatic hydroxyl groups is 1. The monoisotopic (exact) mass is 283 g/mol. The number of ether oxygens (including phenoxy) is 1. The molecule has 3 nitrogen and oxygen atoms in total. The molecule has 21 heavy (non-hydrogen) atoms. The van der Waals surface area contributed by atoms with Crippen molar-refractivity contribution >= 4 is 10.8 Å². The quantitative estimate of drug-likeness (QED) is 0.791. The summed E-state index contributed by atoms with van der Waals surface area (Å²) >= 11 is 0. The van der Waals surface area contributed by atoms with Gasteiger partial charge in [0.1, 0.15) is 11.6 Å². The molecule has 0 amide bonds. The minimum atomic E-state index is -0.324. The van der Waals surface area contributed by atoms with E-state index < -0.39 is 0 Å². The Balaban J connectivity index is 2.08. The molecule has 1 N–H and O–H groups in total. The Hall–Kier alpha value is -2.46. The van der Waals surface area contributed by atoms with Gasteiger partial charge in [-0.1, -0.05) is 24.3 Å². The average molecular weight is 283 g/mol. The number of aliphatic hydroxyl groups excluding tert-OH is 1. The highest BCUT2D eigenvalue weighted by Gasteiger charge is 2.09. The first-order chi connectivity index (χ1) is 10.2. The van der Waals surface area contributed by atoms with Crippen molar-refractivity contribution in [2.75, 3.05) is 0 Å². The van der Waals surface area contributed by atoms with E-state index in [2.05, 4.69) is 4.98 Å². The molecule has 0 saturated heterocycles. The summed E-state index contributed by atoms with van der Waals surface area (Å²) < 4.78 is 19.3. The first-order valence-corrected chi connectivity index (χ1v) is 6.61. The van der Waals surface area contributed by atoms with Crippen molar-refractivity contribution in [3.8, 4) is 11.6 Å². The molecule has 0 radical (unpaired) electrons. The lowest BCUT2D eigenvalue weighted by Crippen LogP contribution is -1.96. The van der Waals surface area contributed by atoms with E-state index in [9.17, 15) is 9.50 Å². The van der Waals surface area contributed by atoms with Gasteiger partial charge in [0.05, 0.1) is 12.3 Å². The summed E-state index contributed by atoms with van der Waals surface area (Å²) in [5, 5.41) is 11.0. The van der Waals surface area contributed by atoms with Crippen molar-refractivity contribution in [1.82, 2.24) is 4.98 Å². The van der Waals surface area contributed by atoms with Crippen molar-refractivity contribution in [2.24, 2.45) is 0 Å². The van der Waals surface area contributed by atoms with Gasteiger partial charge < -0.3 is 9.84 Å². The van der Waals surface area contributed by atoms with Gasteiger partial charge in [-0.15, -0.1) is 0 Å². The predicted octanol–water partition coefficient (Wildman–Crippen LogP) is 3.97. The Morgan fingerprint density at radius 1 is 1.14 bits per heavy atom. The van der Waals surface area contributed by atoms with Gasteiger partial charge >= 0.3 is 0 Å². The minimum Gasteiger partial charge on any atom is -0.438 e. The van der Waals surface area contributed by atoms with Crippen molar-refractivity contribution in [2.45, 2.75) is 13.5 Å². The van der Waals surface area contributed by atoms with Gasteiger partial charge in [-0.25, -0.2) is 9.37 Å². The van der Waals surface area contributed by atoms with Crippen LogP contribution >= 0.6 is 0 Å². The zero-order valence-electron chi connectivity index (χ0n) is 11.5. The maximum atomic E-state index is 13.6. The van der Waals surface area contributed by atoms with Crippen molar-refractivity contribution in [1.29, 1.82) is 0 Å². The Morgan fingerprint density at radius 2 is 1.95 bits per heavy atom. The smallest absolute Gasteiger partial charge is 0.227 e. The van der Waals surface area contributed by atoms with E-state index in [-0.39, 0.29) is 12.4 Å². The lowest BCUT2D eigenvalue weighted by atomic mass is 10.1. The molecule has 0 saturated carbocycles. The summed E-state index contributed by atoms with van der Waals surface area (Å²) in [5.41, 5.74) is 1.07. The molecule has 1 heterocycles. The van der Waals surface area contributed by atoms with Crippen molar-refractivity contribution < 1.29 is 14.2 Å². The maximum Gasteiger partial charge on any atom is 0.227 e. The molecule has 106 valence electrons. The number of halogens is 1. The number of aromatic nitrogens is 1. The van der Waals surface area contributed by atoms with Crippen LogP contribution in [0.25, 0.3) is 10.8 Å². The number of nitrogens with zero attached hydrogens (tertiary/aromatic N) is 1. The third-order valence-corrected chi connectivity index (χ3v) is 3.28. The number of fused-ring (bicyclic) bond motifs is 1. The Kier molecular flexibility index (Phi) is 3.54. The largest absolute Gasteiger partial charge is 0.438 e. The molecule has 0 aliphatic rings. The van der Waals surface area contributed by atoms with E-state index in [0.29, 0.717) is 22.9 Å². The molecule has 0 aliphatic heterocycles. The van der Waals surface area contributed by atoms with Crippen LogP contribution in [0.5, 0.6) is 11.6 Å². The van der Waals surface area contributed by atoms with Crippen LogP contribution in [0.4, 0.5) is 4.39 Å². The van der Waals surface area contributed by atoms with Crippen LogP contribution in [-0.4, -0.2) is 10.1 Å². The van der Waals surface area contributed by atoms with E-state index >= 15 is 0 Å². The van der Waals surface area contributed by atoms with Crippen LogP contribution in [0.15, 0.2) is 48.5 Å². The molecule has 0 atom stereocenters. The van der Waals surface area contributed by atoms with Crippen LogP contribution in [-0.2, 0) is 6.61 Å². The zero-order chi connectivity index (χ0) is 14.8. The molecule has 0 aliphatic carbocycles. The van der Waals surface area contributed by atoms with E-state index in [1.165, 1.54) is 6.07 Å². The van der Waals surface area contributed by atoms with Gasteiger partial charge in [-0.3, -0.25) is 0 Å². The average Bonchev–Trinajstić information content (AvgIpc) is 2.51. The Morgan fingerprint density at radius 3 is 2.71 bits per heavy atom. The number of benzene rings is 2.